The Morgan fingerprint density at radius 2 is 1.10 bits per heavy atom. The zero-order valence-corrected chi connectivity index (χ0v) is 25.6. The molecule has 4 aromatic rings. The molecule has 0 fully saturated rings. The van der Waals surface area contributed by atoms with Crippen molar-refractivity contribution in [2.75, 3.05) is 6.61 Å². The van der Waals surface area contributed by atoms with Crippen LogP contribution in [0.15, 0.2) is 60.7 Å². The minimum Gasteiger partial charge on any atom is -0.460 e. The van der Waals surface area contributed by atoms with Gasteiger partial charge in [0, 0.05) is 18.1 Å². The third-order valence-electron chi connectivity index (χ3n) is 7.48. The first-order valence-corrected chi connectivity index (χ1v) is 14.6. The Balaban J connectivity index is 1.58. The molecule has 0 aliphatic heterocycles. The van der Waals surface area contributed by atoms with Gasteiger partial charge in [0.15, 0.2) is 0 Å². The molecule has 216 valence electrons. The highest BCUT2D eigenvalue weighted by Gasteiger charge is 2.18. The van der Waals surface area contributed by atoms with Crippen LogP contribution >= 0.6 is 0 Å². The number of benzene rings is 3. The summed E-state index contributed by atoms with van der Waals surface area (Å²) in [5.74, 6) is -1.32. The number of hydrogen-bond donors (Lipinski definition) is 0. The quantitative estimate of drug-likeness (QED) is 0.113. The normalized spacial score (nSPS) is 12.1. The molecule has 0 atom stereocenters. The van der Waals surface area contributed by atoms with E-state index >= 15 is 0 Å². The molecule has 1 aromatic heterocycles. The lowest BCUT2D eigenvalue weighted by atomic mass is 9.85. The van der Waals surface area contributed by atoms with E-state index in [2.05, 4.69) is 102 Å². The standard InChI is InChI=1S/C35H43N3O3/c1-24(39)33(40)41-23-11-9-8-10-22-38-36-31-29(25-12-16-27(17-13-25)34(2,3)4)20-21-30(32(31)37-38)26-14-18-28(19-15-26)35(5,6)7/h12-21H,8-11,22-23H2,1-7H3. The van der Waals surface area contributed by atoms with Gasteiger partial charge in [-0.1, -0.05) is 109 Å². The van der Waals surface area contributed by atoms with Gasteiger partial charge < -0.3 is 4.74 Å². The van der Waals surface area contributed by atoms with Crippen LogP contribution in [0.4, 0.5) is 0 Å². The minimum atomic E-state index is -0.759. The summed E-state index contributed by atoms with van der Waals surface area (Å²) in [5.41, 5.74) is 9.01. The van der Waals surface area contributed by atoms with Crippen LogP contribution < -0.4 is 0 Å². The van der Waals surface area contributed by atoms with Crippen molar-refractivity contribution in [2.24, 2.45) is 0 Å². The average Bonchev–Trinajstić information content (AvgIpc) is 3.35. The molecular weight excluding hydrogens is 510 g/mol. The van der Waals surface area contributed by atoms with Crippen LogP contribution in [0.25, 0.3) is 33.3 Å². The SMILES string of the molecule is CC(=O)C(=O)OCCCCCCn1nc2c(-c3ccc(C(C)(C)C)cc3)ccc(-c3ccc(C(C)(C)C)cc3)c2n1. The first-order chi connectivity index (χ1) is 19.3. The van der Waals surface area contributed by atoms with Crippen LogP contribution in [-0.4, -0.2) is 33.4 Å². The molecule has 3 aromatic carbocycles. The van der Waals surface area contributed by atoms with Crippen molar-refractivity contribution in [3.8, 4) is 22.3 Å². The van der Waals surface area contributed by atoms with Gasteiger partial charge in [-0.15, -0.1) is 0 Å². The highest BCUT2D eigenvalue weighted by molar-refractivity contribution is 6.32. The first-order valence-electron chi connectivity index (χ1n) is 14.6. The number of nitrogens with zero attached hydrogens (tertiary/aromatic N) is 3. The summed E-state index contributed by atoms with van der Waals surface area (Å²) >= 11 is 0. The number of ether oxygens (including phenoxy) is 1. The minimum absolute atomic E-state index is 0.0924. The number of hydrogen-bond acceptors (Lipinski definition) is 5. The predicted octanol–water partition coefficient (Wildman–Crippen LogP) is 8.05. The van der Waals surface area contributed by atoms with E-state index in [1.165, 1.54) is 18.1 Å². The fraction of sp³-hybridized carbons (Fsp3) is 0.429. The number of Topliss-reactive ketones (excluding diaryl/α,β-unsaturated/α-hetero) is 1. The number of aromatic nitrogens is 3. The smallest absolute Gasteiger partial charge is 0.374 e. The van der Waals surface area contributed by atoms with E-state index in [-0.39, 0.29) is 17.4 Å². The summed E-state index contributed by atoms with van der Waals surface area (Å²) in [6.07, 6.45) is 3.50. The van der Waals surface area contributed by atoms with Crippen molar-refractivity contribution < 1.29 is 14.3 Å². The van der Waals surface area contributed by atoms with Crippen LogP contribution in [0.3, 0.4) is 0 Å². The van der Waals surface area contributed by atoms with Gasteiger partial charge in [0.25, 0.3) is 0 Å². The van der Waals surface area contributed by atoms with Crippen molar-refractivity contribution in [3.63, 3.8) is 0 Å². The maximum Gasteiger partial charge on any atom is 0.374 e. The molecule has 1 heterocycles. The molecule has 0 saturated heterocycles. The van der Waals surface area contributed by atoms with Crippen LogP contribution in [0.1, 0.15) is 85.3 Å². The summed E-state index contributed by atoms with van der Waals surface area (Å²) in [5, 5.41) is 9.96. The zero-order chi connectivity index (χ0) is 29.8. The van der Waals surface area contributed by atoms with Crippen molar-refractivity contribution >= 4 is 22.8 Å². The fourth-order valence-corrected chi connectivity index (χ4v) is 4.88. The molecular formula is C35H43N3O3. The first kappa shape index (κ1) is 30.2. The van der Waals surface area contributed by atoms with Gasteiger partial charge in [0.2, 0.25) is 5.78 Å². The average molecular weight is 554 g/mol. The van der Waals surface area contributed by atoms with Gasteiger partial charge in [-0.05, 0) is 52.3 Å². The number of fused-ring (bicyclic) bond motifs is 1. The Morgan fingerprint density at radius 1 is 0.659 bits per heavy atom. The number of aryl methyl sites for hydroxylation is 1. The molecule has 0 radical (unpaired) electrons. The molecule has 6 heteroatoms. The van der Waals surface area contributed by atoms with E-state index in [1.54, 1.807) is 0 Å². The second kappa shape index (κ2) is 12.4. The fourth-order valence-electron chi connectivity index (χ4n) is 4.88. The number of carbonyl (C=O) groups excluding carboxylic acids is 2. The lowest BCUT2D eigenvalue weighted by Gasteiger charge is -2.19. The van der Waals surface area contributed by atoms with Gasteiger partial charge in [-0.25, -0.2) is 4.79 Å². The molecule has 0 amide bonds. The molecule has 0 aliphatic carbocycles. The van der Waals surface area contributed by atoms with Crippen molar-refractivity contribution in [1.82, 2.24) is 15.0 Å². The summed E-state index contributed by atoms with van der Waals surface area (Å²) < 4.78 is 4.95. The second-order valence-corrected chi connectivity index (χ2v) is 12.9. The highest BCUT2D eigenvalue weighted by atomic mass is 16.5. The van der Waals surface area contributed by atoms with Crippen molar-refractivity contribution in [1.29, 1.82) is 0 Å². The molecule has 0 bridgehead atoms. The zero-order valence-electron chi connectivity index (χ0n) is 25.6. The van der Waals surface area contributed by atoms with Gasteiger partial charge in [0.1, 0.15) is 11.0 Å². The maximum atomic E-state index is 11.3. The number of unbranched alkanes of at least 4 members (excludes halogenated alkanes) is 3. The van der Waals surface area contributed by atoms with Gasteiger partial charge in [-0.2, -0.15) is 15.0 Å². The van der Waals surface area contributed by atoms with Crippen molar-refractivity contribution in [2.45, 2.75) is 91.5 Å². The van der Waals surface area contributed by atoms with Gasteiger partial charge >= 0.3 is 5.97 Å². The summed E-state index contributed by atoms with van der Waals surface area (Å²) in [6, 6.07) is 21.9. The van der Waals surface area contributed by atoms with E-state index < -0.39 is 11.8 Å². The Kier molecular flexibility index (Phi) is 9.11. The topological polar surface area (TPSA) is 74.1 Å². The largest absolute Gasteiger partial charge is 0.460 e. The van der Waals surface area contributed by atoms with Crippen molar-refractivity contribution in [3.05, 3.63) is 71.8 Å². The van der Waals surface area contributed by atoms with Gasteiger partial charge in [0.05, 0.1) is 13.2 Å². The third kappa shape index (κ3) is 7.49. The van der Waals surface area contributed by atoms with E-state index in [0.29, 0.717) is 6.54 Å². The van der Waals surface area contributed by atoms with E-state index in [9.17, 15) is 9.59 Å². The Hall–Kier alpha value is -3.80. The predicted molar refractivity (Wildman–Crippen MR) is 166 cm³/mol. The second-order valence-electron chi connectivity index (χ2n) is 12.9. The van der Waals surface area contributed by atoms with E-state index in [0.717, 1.165) is 59.0 Å². The molecule has 0 unspecified atom stereocenters. The van der Waals surface area contributed by atoms with Crippen LogP contribution in [0.5, 0.6) is 0 Å². The number of ketones is 1. The third-order valence-corrected chi connectivity index (χ3v) is 7.48. The number of esters is 1. The molecule has 4 rings (SSSR count). The number of carbonyl (C=O) groups is 2. The maximum absolute atomic E-state index is 11.3. The molecule has 41 heavy (non-hydrogen) atoms. The Morgan fingerprint density at radius 3 is 1.51 bits per heavy atom. The lowest BCUT2D eigenvalue weighted by Crippen LogP contribution is -2.14. The molecule has 0 saturated carbocycles. The van der Waals surface area contributed by atoms with E-state index in [1.807, 2.05) is 4.80 Å². The summed E-state index contributed by atoms with van der Waals surface area (Å²) in [4.78, 5) is 24.1. The van der Waals surface area contributed by atoms with Gasteiger partial charge in [-0.3, -0.25) is 4.79 Å². The van der Waals surface area contributed by atoms with Crippen LogP contribution in [0.2, 0.25) is 0 Å². The molecule has 0 spiro atoms. The van der Waals surface area contributed by atoms with Crippen LogP contribution in [-0.2, 0) is 31.7 Å². The highest BCUT2D eigenvalue weighted by Crippen LogP contribution is 2.35. The van der Waals surface area contributed by atoms with E-state index in [4.69, 9.17) is 14.9 Å². The molecule has 6 nitrogen and oxygen atoms in total. The summed E-state index contributed by atoms with van der Waals surface area (Å²) in [6.45, 7) is 15.6. The summed E-state index contributed by atoms with van der Waals surface area (Å²) in [7, 11) is 0. The van der Waals surface area contributed by atoms with Crippen LogP contribution in [0, 0.1) is 0 Å². The number of rotatable bonds is 10. The molecule has 0 aliphatic rings. The Labute approximate surface area is 244 Å². The molecule has 0 N–H and O–H groups in total. The lowest BCUT2D eigenvalue weighted by molar-refractivity contribution is -0.153. The Bertz CT molecular complexity index is 1410. The monoisotopic (exact) mass is 553 g/mol.